The fourth-order valence-electron chi connectivity index (χ4n) is 1.49. The van der Waals surface area contributed by atoms with E-state index in [4.69, 9.17) is 21.6 Å². The van der Waals surface area contributed by atoms with Gasteiger partial charge in [-0.15, -0.1) is 0 Å². The highest BCUT2D eigenvalue weighted by Gasteiger charge is 2.17. The van der Waals surface area contributed by atoms with Crippen LogP contribution in [0.5, 0.6) is 0 Å². The van der Waals surface area contributed by atoms with E-state index in [-0.39, 0.29) is 16.4 Å². The summed E-state index contributed by atoms with van der Waals surface area (Å²) in [5.74, 6) is -0.226. The summed E-state index contributed by atoms with van der Waals surface area (Å²) in [6.07, 6.45) is 3.26. The Morgan fingerprint density at radius 3 is 2.41 bits per heavy atom. The molecule has 1 aromatic heterocycles. The van der Waals surface area contributed by atoms with Crippen LogP contribution in [0.15, 0.2) is 42.7 Å². The van der Waals surface area contributed by atoms with Crippen molar-refractivity contribution in [2.75, 3.05) is 0 Å². The summed E-state index contributed by atoms with van der Waals surface area (Å²) in [5, 5.41) is 18.1. The molecular formula is C11H9BClNO3. The fourth-order valence-corrected chi connectivity index (χ4v) is 1.77. The number of aromatic nitrogens is 1. The molecule has 0 radical (unpaired) electrons. The van der Waals surface area contributed by atoms with Gasteiger partial charge >= 0.3 is 7.12 Å². The lowest BCUT2D eigenvalue weighted by atomic mass is 9.80. The first-order chi connectivity index (χ1) is 8.09. The Morgan fingerprint density at radius 2 is 1.88 bits per heavy atom. The van der Waals surface area contributed by atoms with Gasteiger partial charge in [0.2, 0.25) is 0 Å². The SMILES string of the molecule is O=C(c1ccc(B(O)O)c(Cl)c1)n1cccc1. The maximum absolute atomic E-state index is 11.9. The van der Waals surface area contributed by atoms with Crippen molar-refractivity contribution < 1.29 is 14.8 Å². The molecule has 0 amide bonds. The zero-order chi connectivity index (χ0) is 12.4. The molecule has 1 heterocycles. The lowest BCUT2D eigenvalue weighted by Gasteiger charge is -2.06. The van der Waals surface area contributed by atoms with Gasteiger partial charge in [-0.25, -0.2) is 0 Å². The average molecular weight is 249 g/mol. The van der Waals surface area contributed by atoms with Crippen LogP contribution in [0.3, 0.4) is 0 Å². The molecule has 4 nitrogen and oxygen atoms in total. The van der Waals surface area contributed by atoms with Crippen LogP contribution in [0, 0.1) is 0 Å². The van der Waals surface area contributed by atoms with Crippen molar-refractivity contribution in [1.29, 1.82) is 0 Å². The third kappa shape index (κ3) is 2.41. The number of hydrogen-bond acceptors (Lipinski definition) is 3. The van der Waals surface area contributed by atoms with Crippen LogP contribution in [-0.2, 0) is 0 Å². The van der Waals surface area contributed by atoms with Gasteiger partial charge in [0.15, 0.2) is 0 Å². The molecule has 0 unspecified atom stereocenters. The summed E-state index contributed by atoms with van der Waals surface area (Å²) in [5.41, 5.74) is 0.561. The molecule has 0 aliphatic heterocycles. The average Bonchev–Trinajstić information content (AvgIpc) is 2.80. The maximum Gasteiger partial charge on any atom is 0.489 e. The second-order valence-electron chi connectivity index (χ2n) is 3.51. The molecule has 86 valence electrons. The van der Waals surface area contributed by atoms with Crippen molar-refractivity contribution in [3.63, 3.8) is 0 Å². The van der Waals surface area contributed by atoms with Crippen LogP contribution < -0.4 is 5.46 Å². The molecule has 0 spiro atoms. The van der Waals surface area contributed by atoms with Gasteiger partial charge in [-0.05, 0) is 24.3 Å². The lowest BCUT2D eigenvalue weighted by Crippen LogP contribution is -2.31. The van der Waals surface area contributed by atoms with E-state index in [1.807, 2.05) is 0 Å². The Labute approximate surface area is 103 Å². The largest absolute Gasteiger partial charge is 0.489 e. The first-order valence-electron chi connectivity index (χ1n) is 4.93. The molecule has 0 saturated heterocycles. The lowest BCUT2D eigenvalue weighted by molar-refractivity contribution is 0.0960. The number of hydrogen-bond donors (Lipinski definition) is 2. The summed E-state index contributed by atoms with van der Waals surface area (Å²) < 4.78 is 1.42. The summed E-state index contributed by atoms with van der Waals surface area (Å²) in [4.78, 5) is 11.9. The molecule has 2 rings (SSSR count). The number of carbonyl (C=O) groups excluding carboxylic acids is 1. The van der Waals surface area contributed by atoms with E-state index in [0.717, 1.165) is 0 Å². The van der Waals surface area contributed by atoms with E-state index >= 15 is 0 Å². The zero-order valence-corrected chi connectivity index (χ0v) is 9.50. The van der Waals surface area contributed by atoms with Crippen LogP contribution in [0.1, 0.15) is 10.4 Å². The minimum Gasteiger partial charge on any atom is -0.423 e. The van der Waals surface area contributed by atoms with Gasteiger partial charge < -0.3 is 10.0 Å². The number of nitrogens with zero attached hydrogens (tertiary/aromatic N) is 1. The van der Waals surface area contributed by atoms with E-state index < -0.39 is 7.12 Å². The van der Waals surface area contributed by atoms with E-state index in [1.54, 1.807) is 24.5 Å². The molecule has 2 N–H and O–H groups in total. The molecule has 17 heavy (non-hydrogen) atoms. The van der Waals surface area contributed by atoms with E-state index in [2.05, 4.69) is 0 Å². The molecule has 0 bridgehead atoms. The summed E-state index contributed by atoms with van der Waals surface area (Å²) in [7, 11) is -1.64. The number of halogens is 1. The molecule has 1 aromatic carbocycles. The molecular weight excluding hydrogens is 240 g/mol. The van der Waals surface area contributed by atoms with Crippen molar-refractivity contribution in [3.8, 4) is 0 Å². The van der Waals surface area contributed by atoms with Crippen molar-refractivity contribution in [1.82, 2.24) is 4.57 Å². The molecule has 2 aromatic rings. The highest BCUT2D eigenvalue weighted by molar-refractivity contribution is 6.62. The van der Waals surface area contributed by atoms with Gasteiger partial charge in [-0.1, -0.05) is 17.7 Å². The highest BCUT2D eigenvalue weighted by atomic mass is 35.5. The molecule has 0 aliphatic carbocycles. The third-order valence-corrected chi connectivity index (χ3v) is 2.69. The minimum atomic E-state index is -1.64. The van der Waals surface area contributed by atoms with Crippen molar-refractivity contribution in [3.05, 3.63) is 53.3 Å². The molecule has 0 fully saturated rings. The number of rotatable bonds is 2. The van der Waals surface area contributed by atoms with Crippen LogP contribution >= 0.6 is 11.6 Å². The Hall–Kier alpha value is -1.56. The van der Waals surface area contributed by atoms with Gasteiger partial charge in [0.1, 0.15) is 0 Å². The molecule has 6 heteroatoms. The van der Waals surface area contributed by atoms with Gasteiger partial charge in [-0.3, -0.25) is 9.36 Å². The first kappa shape index (κ1) is 11.9. The van der Waals surface area contributed by atoms with Gasteiger partial charge in [0.05, 0.1) is 0 Å². The monoisotopic (exact) mass is 249 g/mol. The van der Waals surface area contributed by atoms with Crippen molar-refractivity contribution in [2.24, 2.45) is 0 Å². The van der Waals surface area contributed by atoms with Gasteiger partial charge in [-0.2, -0.15) is 0 Å². The second kappa shape index (κ2) is 4.75. The predicted molar refractivity (Wildman–Crippen MR) is 65.4 cm³/mol. The van der Waals surface area contributed by atoms with Crippen LogP contribution in [0.25, 0.3) is 0 Å². The van der Waals surface area contributed by atoms with E-state index in [1.165, 1.54) is 22.8 Å². The first-order valence-corrected chi connectivity index (χ1v) is 5.30. The second-order valence-corrected chi connectivity index (χ2v) is 3.91. The number of benzene rings is 1. The maximum atomic E-state index is 11.9. The standard InChI is InChI=1S/C11H9BClNO3/c13-10-7-8(3-4-9(10)12(16)17)11(15)14-5-1-2-6-14/h1-7,16-17H. The molecule has 0 aliphatic rings. The quantitative estimate of drug-likeness (QED) is 0.762. The minimum absolute atomic E-state index is 0.151. The Morgan fingerprint density at radius 1 is 1.24 bits per heavy atom. The van der Waals surface area contributed by atoms with Crippen molar-refractivity contribution >= 4 is 30.1 Å². The fraction of sp³-hybridized carbons (Fsp3) is 0. The summed E-state index contributed by atoms with van der Waals surface area (Å²) in [6.45, 7) is 0. The third-order valence-electron chi connectivity index (χ3n) is 2.36. The Kier molecular flexibility index (Phi) is 3.33. The predicted octanol–water partition coefficient (Wildman–Crippen LogP) is 0.510. The smallest absolute Gasteiger partial charge is 0.423 e. The normalized spacial score (nSPS) is 10.3. The van der Waals surface area contributed by atoms with Gasteiger partial charge in [0.25, 0.3) is 5.91 Å². The molecule has 0 atom stereocenters. The van der Waals surface area contributed by atoms with Crippen LogP contribution in [0.2, 0.25) is 5.02 Å². The van der Waals surface area contributed by atoms with E-state index in [0.29, 0.717) is 5.56 Å². The van der Waals surface area contributed by atoms with Crippen molar-refractivity contribution in [2.45, 2.75) is 0 Å². The van der Waals surface area contributed by atoms with Crippen LogP contribution in [-0.4, -0.2) is 27.6 Å². The van der Waals surface area contributed by atoms with Gasteiger partial charge in [0, 0.05) is 28.4 Å². The Balaban J connectivity index is 2.35. The van der Waals surface area contributed by atoms with E-state index in [9.17, 15) is 4.79 Å². The van der Waals surface area contributed by atoms with Crippen LogP contribution in [0.4, 0.5) is 0 Å². The summed E-state index contributed by atoms with van der Waals surface area (Å²) in [6, 6.07) is 7.82. The number of carbonyl (C=O) groups is 1. The zero-order valence-electron chi connectivity index (χ0n) is 8.75. The highest BCUT2D eigenvalue weighted by Crippen LogP contribution is 2.11. The molecule has 0 saturated carbocycles. The summed E-state index contributed by atoms with van der Waals surface area (Å²) >= 11 is 5.85. The Bertz CT molecular complexity index is 540. The topological polar surface area (TPSA) is 62.5 Å².